The molecule has 1 aliphatic rings. The molecule has 1 heterocycles. The molecule has 0 amide bonds. The molecule has 1 aromatic carbocycles. The maximum Gasteiger partial charge on any atom is 0.0236 e. The van der Waals surface area contributed by atoms with E-state index < -0.39 is 0 Å². The van der Waals surface area contributed by atoms with Crippen molar-refractivity contribution in [3.8, 4) is 0 Å². The summed E-state index contributed by atoms with van der Waals surface area (Å²) in [4.78, 5) is 2.61. The lowest BCUT2D eigenvalue weighted by Gasteiger charge is -2.39. The summed E-state index contributed by atoms with van der Waals surface area (Å²) in [6.45, 7) is 13.8. The van der Waals surface area contributed by atoms with Crippen molar-refractivity contribution in [2.75, 3.05) is 19.6 Å². The predicted molar refractivity (Wildman–Crippen MR) is 82.3 cm³/mol. The molecule has 0 spiro atoms. The SMILES string of the molecule is CCNC(C)C(C)(C)CN1CCc2ccccc2C1. The molecular formula is C17H28N2. The minimum absolute atomic E-state index is 0.308. The first-order valence-electron chi connectivity index (χ1n) is 7.55. The van der Waals surface area contributed by atoms with Crippen LogP contribution >= 0.6 is 0 Å². The molecule has 0 bridgehead atoms. The summed E-state index contributed by atoms with van der Waals surface area (Å²) in [5.74, 6) is 0. The molecule has 106 valence electrons. The van der Waals surface area contributed by atoms with Gasteiger partial charge < -0.3 is 5.32 Å². The molecule has 0 saturated heterocycles. The van der Waals surface area contributed by atoms with Gasteiger partial charge in [-0.1, -0.05) is 45.0 Å². The Balaban J connectivity index is 1.98. The normalized spacial score (nSPS) is 18.1. The molecule has 1 N–H and O–H groups in total. The van der Waals surface area contributed by atoms with Gasteiger partial charge in [-0.25, -0.2) is 0 Å². The van der Waals surface area contributed by atoms with Crippen molar-refractivity contribution in [1.82, 2.24) is 10.2 Å². The molecule has 0 fully saturated rings. The van der Waals surface area contributed by atoms with Crippen LogP contribution in [0.1, 0.15) is 38.8 Å². The highest BCUT2D eigenvalue weighted by atomic mass is 15.1. The van der Waals surface area contributed by atoms with Crippen molar-refractivity contribution in [1.29, 1.82) is 0 Å². The second kappa shape index (κ2) is 6.06. The first kappa shape index (κ1) is 14.5. The van der Waals surface area contributed by atoms with Crippen LogP contribution in [0.5, 0.6) is 0 Å². The van der Waals surface area contributed by atoms with Gasteiger partial charge in [0.15, 0.2) is 0 Å². The zero-order valence-corrected chi connectivity index (χ0v) is 12.9. The topological polar surface area (TPSA) is 15.3 Å². The van der Waals surface area contributed by atoms with E-state index in [1.807, 2.05) is 0 Å². The number of hydrogen-bond donors (Lipinski definition) is 1. The number of nitrogens with zero attached hydrogens (tertiary/aromatic N) is 1. The molecule has 1 atom stereocenters. The van der Waals surface area contributed by atoms with Gasteiger partial charge in [0, 0.05) is 25.7 Å². The van der Waals surface area contributed by atoms with E-state index in [4.69, 9.17) is 0 Å². The van der Waals surface area contributed by atoms with Crippen LogP contribution in [0.3, 0.4) is 0 Å². The van der Waals surface area contributed by atoms with Crippen molar-refractivity contribution in [2.45, 2.75) is 46.7 Å². The number of benzene rings is 1. The second-order valence-electron chi connectivity index (χ2n) is 6.50. The van der Waals surface area contributed by atoms with E-state index in [1.54, 1.807) is 0 Å². The van der Waals surface area contributed by atoms with Crippen LogP contribution < -0.4 is 5.32 Å². The van der Waals surface area contributed by atoms with Crippen molar-refractivity contribution in [3.63, 3.8) is 0 Å². The predicted octanol–water partition coefficient (Wildman–Crippen LogP) is 3.07. The molecule has 1 aromatic rings. The highest BCUT2D eigenvalue weighted by Crippen LogP contribution is 2.26. The van der Waals surface area contributed by atoms with Gasteiger partial charge in [0.1, 0.15) is 0 Å². The first-order valence-corrected chi connectivity index (χ1v) is 7.55. The summed E-state index contributed by atoms with van der Waals surface area (Å²) in [6, 6.07) is 9.43. The number of nitrogens with one attached hydrogen (secondary N) is 1. The van der Waals surface area contributed by atoms with Gasteiger partial charge in [-0.2, -0.15) is 0 Å². The van der Waals surface area contributed by atoms with Gasteiger partial charge in [-0.3, -0.25) is 4.90 Å². The highest BCUT2D eigenvalue weighted by Gasteiger charge is 2.29. The largest absolute Gasteiger partial charge is 0.314 e. The lowest BCUT2D eigenvalue weighted by Crippen LogP contribution is -2.47. The van der Waals surface area contributed by atoms with Crippen LogP contribution in [0.15, 0.2) is 24.3 Å². The van der Waals surface area contributed by atoms with E-state index in [9.17, 15) is 0 Å². The van der Waals surface area contributed by atoms with Gasteiger partial charge in [0.2, 0.25) is 0 Å². The van der Waals surface area contributed by atoms with Crippen LogP contribution in [-0.2, 0) is 13.0 Å². The molecule has 19 heavy (non-hydrogen) atoms. The summed E-state index contributed by atoms with van der Waals surface area (Å²) in [5, 5.41) is 3.57. The fourth-order valence-corrected chi connectivity index (χ4v) is 2.98. The number of rotatable bonds is 5. The van der Waals surface area contributed by atoms with Crippen molar-refractivity contribution in [2.24, 2.45) is 5.41 Å². The first-order chi connectivity index (χ1) is 9.03. The summed E-state index contributed by atoms with van der Waals surface area (Å²) in [5.41, 5.74) is 3.36. The van der Waals surface area contributed by atoms with Gasteiger partial charge in [0.25, 0.3) is 0 Å². The van der Waals surface area contributed by atoms with Gasteiger partial charge in [0.05, 0.1) is 0 Å². The smallest absolute Gasteiger partial charge is 0.0236 e. The van der Waals surface area contributed by atoms with E-state index in [-0.39, 0.29) is 0 Å². The van der Waals surface area contributed by atoms with E-state index in [2.05, 4.69) is 62.2 Å². The third-order valence-electron chi connectivity index (χ3n) is 4.52. The Morgan fingerprint density at radius 3 is 2.63 bits per heavy atom. The second-order valence-corrected chi connectivity index (χ2v) is 6.50. The van der Waals surface area contributed by atoms with E-state index in [1.165, 1.54) is 24.1 Å². The Hall–Kier alpha value is -0.860. The maximum atomic E-state index is 3.57. The van der Waals surface area contributed by atoms with Crippen molar-refractivity contribution >= 4 is 0 Å². The molecule has 1 aliphatic heterocycles. The molecule has 0 aliphatic carbocycles. The third kappa shape index (κ3) is 3.58. The average molecular weight is 260 g/mol. The lowest BCUT2D eigenvalue weighted by molar-refractivity contribution is 0.133. The maximum absolute atomic E-state index is 3.57. The molecule has 2 heteroatoms. The molecule has 2 rings (SSSR count). The summed E-state index contributed by atoms with van der Waals surface area (Å²) < 4.78 is 0. The Morgan fingerprint density at radius 1 is 1.26 bits per heavy atom. The molecule has 0 aromatic heterocycles. The van der Waals surface area contributed by atoms with Gasteiger partial charge in [-0.05, 0) is 36.4 Å². The zero-order valence-electron chi connectivity index (χ0n) is 12.9. The summed E-state index contributed by atoms with van der Waals surface area (Å²) in [6.07, 6.45) is 1.20. The fraction of sp³-hybridized carbons (Fsp3) is 0.647. The lowest BCUT2D eigenvalue weighted by atomic mass is 9.84. The van der Waals surface area contributed by atoms with Gasteiger partial charge >= 0.3 is 0 Å². The van der Waals surface area contributed by atoms with E-state index in [0.717, 1.165) is 19.6 Å². The summed E-state index contributed by atoms with van der Waals surface area (Å²) >= 11 is 0. The standard InChI is InChI=1S/C17H28N2/c1-5-18-14(2)17(3,4)13-19-11-10-15-8-6-7-9-16(15)12-19/h6-9,14,18H,5,10-13H2,1-4H3. The fourth-order valence-electron chi connectivity index (χ4n) is 2.98. The van der Waals surface area contributed by atoms with Crippen LogP contribution in [-0.4, -0.2) is 30.6 Å². The molecule has 0 saturated carbocycles. The molecule has 2 nitrogen and oxygen atoms in total. The van der Waals surface area contributed by atoms with Crippen molar-refractivity contribution in [3.05, 3.63) is 35.4 Å². The Bertz CT molecular complexity index is 411. The quantitative estimate of drug-likeness (QED) is 0.875. The molecule has 0 radical (unpaired) electrons. The van der Waals surface area contributed by atoms with E-state index in [0.29, 0.717) is 11.5 Å². The van der Waals surface area contributed by atoms with Crippen LogP contribution in [0.2, 0.25) is 0 Å². The Labute approximate surface area is 118 Å². The number of hydrogen-bond acceptors (Lipinski definition) is 2. The van der Waals surface area contributed by atoms with E-state index >= 15 is 0 Å². The highest BCUT2D eigenvalue weighted by molar-refractivity contribution is 5.29. The zero-order chi connectivity index (χ0) is 13.9. The number of fused-ring (bicyclic) bond motifs is 1. The monoisotopic (exact) mass is 260 g/mol. The molecular weight excluding hydrogens is 232 g/mol. The average Bonchev–Trinajstić information content (AvgIpc) is 2.38. The third-order valence-corrected chi connectivity index (χ3v) is 4.52. The van der Waals surface area contributed by atoms with Gasteiger partial charge in [-0.15, -0.1) is 0 Å². The minimum Gasteiger partial charge on any atom is -0.314 e. The minimum atomic E-state index is 0.308. The molecule has 1 unspecified atom stereocenters. The van der Waals surface area contributed by atoms with Crippen LogP contribution in [0.4, 0.5) is 0 Å². The van der Waals surface area contributed by atoms with Crippen molar-refractivity contribution < 1.29 is 0 Å². The summed E-state index contributed by atoms with van der Waals surface area (Å²) in [7, 11) is 0. The van der Waals surface area contributed by atoms with Crippen LogP contribution in [0, 0.1) is 5.41 Å². The Morgan fingerprint density at radius 2 is 1.95 bits per heavy atom. The Kier molecular flexibility index (Phi) is 4.64. The van der Waals surface area contributed by atoms with Crippen LogP contribution in [0.25, 0.3) is 0 Å².